The van der Waals surface area contributed by atoms with E-state index in [1.54, 1.807) is 0 Å². The monoisotopic (exact) mass is 248 g/mol. The molecule has 0 unspecified atom stereocenters. The Balaban J connectivity index is 2.14. The van der Waals surface area contributed by atoms with E-state index in [0.717, 1.165) is 0 Å². The number of rotatable bonds is 8. The lowest BCUT2D eigenvalue weighted by atomic mass is 10.3. The molecule has 7 heteroatoms. The molecule has 0 amide bonds. The van der Waals surface area contributed by atoms with Crippen LogP contribution in [0.5, 0.6) is 0 Å². The number of esters is 2. The molecule has 17 heavy (non-hydrogen) atoms. The highest BCUT2D eigenvalue weighted by molar-refractivity contribution is 5.89. The Bertz CT molecular complexity index is 239. The molecule has 0 aromatic heterocycles. The standard InChI is InChI=1S/C10H16O7/c1-13-3-5-15-9(11)7-8(17-7)10(12)16-6-4-14-2/h7-8H,3-6H2,1-2H3/t7-,8+. The molecule has 0 bridgehead atoms. The maximum atomic E-state index is 11.3. The third-order valence-electron chi connectivity index (χ3n) is 2.02. The van der Waals surface area contributed by atoms with Crippen molar-refractivity contribution in [2.24, 2.45) is 0 Å². The van der Waals surface area contributed by atoms with Gasteiger partial charge in [0.05, 0.1) is 13.2 Å². The summed E-state index contributed by atoms with van der Waals surface area (Å²) in [6.07, 6.45) is -1.69. The van der Waals surface area contributed by atoms with Gasteiger partial charge in [-0.15, -0.1) is 0 Å². The number of epoxide rings is 1. The Kier molecular flexibility index (Phi) is 5.88. The van der Waals surface area contributed by atoms with E-state index in [-0.39, 0.29) is 13.2 Å². The normalized spacial score (nSPS) is 22.0. The second kappa shape index (κ2) is 7.21. The van der Waals surface area contributed by atoms with Crippen molar-refractivity contribution < 1.29 is 33.3 Å². The molecule has 2 atom stereocenters. The van der Waals surface area contributed by atoms with E-state index in [2.05, 4.69) is 0 Å². The molecule has 1 saturated heterocycles. The van der Waals surface area contributed by atoms with E-state index >= 15 is 0 Å². The first-order valence-electron chi connectivity index (χ1n) is 5.17. The summed E-state index contributed by atoms with van der Waals surface area (Å²) in [6, 6.07) is 0. The van der Waals surface area contributed by atoms with Crippen LogP contribution in [0.2, 0.25) is 0 Å². The Morgan fingerprint density at radius 1 is 0.882 bits per heavy atom. The van der Waals surface area contributed by atoms with Gasteiger partial charge in [-0.05, 0) is 0 Å². The average Bonchev–Trinajstić information content (AvgIpc) is 3.09. The zero-order valence-corrected chi connectivity index (χ0v) is 9.84. The zero-order valence-electron chi connectivity index (χ0n) is 9.84. The van der Waals surface area contributed by atoms with E-state index in [1.807, 2.05) is 0 Å². The highest BCUT2D eigenvalue weighted by Crippen LogP contribution is 2.24. The van der Waals surface area contributed by atoms with Gasteiger partial charge >= 0.3 is 11.9 Å². The van der Waals surface area contributed by atoms with Gasteiger partial charge in [0, 0.05) is 14.2 Å². The molecule has 0 saturated carbocycles. The van der Waals surface area contributed by atoms with Gasteiger partial charge in [0.2, 0.25) is 0 Å². The second-order valence-corrected chi connectivity index (χ2v) is 3.30. The number of carbonyl (C=O) groups excluding carboxylic acids is 2. The largest absolute Gasteiger partial charge is 0.461 e. The first-order chi connectivity index (χ1) is 8.20. The summed E-state index contributed by atoms with van der Waals surface area (Å²) in [7, 11) is 2.99. The summed E-state index contributed by atoms with van der Waals surface area (Å²) in [5, 5.41) is 0. The minimum absolute atomic E-state index is 0.140. The van der Waals surface area contributed by atoms with Crippen molar-refractivity contribution in [1.82, 2.24) is 0 Å². The second-order valence-electron chi connectivity index (χ2n) is 3.30. The van der Waals surface area contributed by atoms with Crippen molar-refractivity contribution in [2.45, 2.75) is 12.2 Å². The highest BCUT2D eigenvalue weighted by Gasteiger charge is 2.52. The smallest absolute Gasteiger partial charge is 0.338 e. The maximum Gasteiger partial charge on any atom is 0.338 e. The van der Waals surface area contributed by atoms with Gasteiger partial charge in [0.15, 0.2) is 12.2 Å². The van der Waals surface area contributed by atoms with Crippen LogP contribution in [0, 0.1) is 0 Å². The highest BCUT2D eigenvalue weighted by atomic mass is 16.7. The van der Waals surface area contributed by atoms with Crippen LogP contribution in [0.15, 0.2) is 0 Å². The van der Waals surface area contributed by atoms with Crippen molar-refractivity contribution >= 4 is 11.9 Å². The number of methoxy groups -OCH3 is 2. The van der Waals surface area contributed by atoms with E-state index in [4.69, 9.17) is 23.7 Å². The van der Waals surface area contributed by atoms with Crippen molar-refractivity contribution in [3.05, 3.63) is 0 Å². The van der Waals surface area contributed by atoms with E-state index in [0.29, 0.717) is 13.2 Å². The van der Waals surface area contributed by atoms with Crippen LogP contribution in [-0.4, -0.2) is 64.8 Å². The molecular formula is C10H16O7. The SMILES string of the molecule is COCCOC(=O)[C@H]1O[C@H]1C(=O)OCCOC. The molecule has 98 valence electrons. The summed E-state index contributed by atoms with van der Waals surface area (Å²) in [5.74, 6) is -1.15. The summed E-state index contributed by atoms with van der Waals surface area (Å²) >= 11 is 0. The predicted octanol–water partition coefficient (Wildman–Crippen LogP) is -0.867. The molecule has 1 rings (SSSR count). The molecule has 1 aliphatic heterocycles. The predicted molar refractivity (Wildman–Crippen MR) is 54.3 cm³/mol. The number of hydrogen-bond acceptors (Lipinski definition) is 7. The summed E-state index contributed by atoms with van der Waals surface area (Å²) < 4.78 is 23.9. The molecule has 0 radical (unpaired) electrons. The molecule has 7 nitrogen and oxygen atoms in total. The lowest BCUT2D eigenvalue weighted by molar-refractivity contribution is -0.148. The van der Waals surface area contributed by atoms with E-state index in [9.17, 15) is 9.59 Å². The van der Waals surface area contributed by atoms with Crippen molar-refractivity contribution in [3.8, 4) is 0 Å². The minimum atomic E-state index is -0.845. The van der Waals surface area contributed by atoms with Crippen molar-refractivity contribution in [2.75, 3.05) is 40.6 Å². The number of carbonyl (C=O) groups is 2. The third kappa shape index (κ3) is 4.68. The Morgan fingerprint density at radius 2 is 1.29 bits per heavy atom. The first-order valence-corrected chi connectivity index (χ1v) is 5.17. The van der Waals surface area contributed by atoms with Crippen LogP contribution in [0.4, 0.5) is 0 Å². The molecule has 1 heterocycles. The van der Waals surface area contributed by atoms with Crippen LogP contribution < -0.4 is 0 Å². The van der Waals surface area contributed by atoms with Gasteiger partial charge in [0.1, 0.15) is 13.2 Å². The molecule has 1 aliphatic rings. The fourth-order valence-corrected chi connectivity index (χ4v) is 1.09. The molecule has 0 N–H and O–H groups in total. The molecule has 0 aliphatic carbocycles. The fourth-order valence-electron chi connectivity index (χ4n) is 1.09. The first kappa shape index (κ1) is 13.9. The van der Waals surface area contributed by atoms with Gasteiger partial charge in [0.25, 0.3) is 0 Å². The quantitative estimate of drug-likeness (QED) is 0.314. The molecule has 1 fully saturated rings. The third-order valence-corrected chi connectivity index (χ3v) is 2.02. The topological polar surface area (TPSA) is 83.6 Å². The average molecular weight is 248 g/mol. The lowest BCUT2D eigenvalue weighted by Gasteiger charge is -2.02. The molecule has 0 aromatic carbocycles. The number of ether oxygens (including phenoxy) is 5. The van der Waals surface area contributed by atoms with Gasteiger partial charge < -0.3 is 23.7 Å². The Hall–Kier alpha value is -1.18. The van der Waals surface area contributed by atoms with E-state index < -0.39 is 24.1 Å². The summed E-state index contributed by atoms with van der Waals surface area (Å²) in [5.41, 5.74) is 0. The number of hydrogen-bond donors (Lipinski definition) is 0. The Morgan fingerprint density at radius 3 is 1.65 bits per heavy atom. The van der Waals surface area contributed by atoms with Crippen LogP contribution in [0.3, 0.4) is 0 Å². The zero-order chi connectivity index (χ0) is 12.7. The van der Waals surface area contributed by atoms with Gasteiger partial charge in [-0.1, -0.05) is 0 Å². The fraction of sp³-hybridized carbons (Fsp3) is 0.800. The molecular weight excluding hydrogens is 232 g/mol. The van der Waals surface area contributed by atoms with Gasteiger partial charge in [-0.2, -0.15) is 0 Å². The molecule has 0 spiro atoms. The van der Waals surface area contributed by atoms with Gasteiger partial charge in [-0.25, -0.2) is 9.59 Å². The maximum absolute atomic E-state index is 11.3. The summed E-state index contributed by atoms with van der Waals surface area (Å²) in [6.45, 7) is 0.893. The van der Waals surface area contributed by atoms with Crippen LogP contribution in [-0.2, 0) is 33.3 Å². The van der Waals surface area contributed by atoms with Crippen LogP contribution in [0.1, 0.15) is 0 Å². The lowest BCUT2D eigenvalue weighted by Crippen LogP contribution is -2.22. The van der Waals surface area contributed by atoms with Crippen molar-refractivity contribution in [1.29, 1.82) is 0 Å². The Labute approximate surface area is 98.9 Å². The van der Waals surface area contributed by atoms with Crippen molar-refractivity contribution in [3.63, 3.8) is 0 Å². The van der Waals surface area contributed by atoms with Crippen LogP contribution in [0.25, 0.3) is 0 Å². The van der Waals surface area contributed by atoms with E-state index in [1.165, 1.54) is 14.2 Å². The minimum Gasteiger partial charge on any atom is -0.461 e. The van der Waals surface area contributed by atoms with Crippen LogP contribution >= 0.6 is 0 Å². The molecule has 0 aromatic rings. The van der Waals surface area contributed by atoms with Gasteiger partial charge in [-0.3, -0.25) is 0 Å². The summed E-state index contributed by atoms with van der Waals surface area (Å²) in [4.78, 5) is 22.6.